The van der Waals surface area contributed by atoms with E-state index in [4.69, 9.17) is 0 Å². The smallest absolute Gasteiger partial charge is 0.137 e. The van der Waals surface area contributed by atoms with Crippen LogP contribution in [0.15, 0.2) is 0 Å². The van der Waals surface area contributed by atoms with Gasteiger partial charge in [0, 0.05) is 18.9 Å². The van der Waals surface area contributed by atoms with Gasteiger partial charge >= 0.3 is 0 Å². The minimum atomic E-state index is 0.357. The molecule has 1 saturated heterocycles. The summed E-state index contributed by atoms with van der Waals surface area (Å²) in [7, 11) is 0. The highest BCUT2D eigenvalue weighted by atomic mass is 16.1. The molecule has 2 rings (SSSR count). The van der Waals surface area contributed by atoms with Gasteiger partial charge in [-0.1, -0.05) is 32.6 Å². The maximum Gasteiger partial charge on any atom is 0.137 e. The molecule has 2 aliphatic rings. The topological polar surface area (TPSA) is 20.3 Å². The van der Waals surface area contributed by atoms with Crippen molar-refractivity contribution in [1.29, 1.82) is 0 Å². The van der Waals surface area contributed by atoms with Gasteiger partial charge in [-0.2, -0.15) is 0 Å². The van der Waals surface area contributed by atoms with Crippen LogP contribution >= 0.6 is 0 Å². The average Bonchev–Trinajstić information content (AvgIpc) is 2.58. The molecule has 0 radical (unpaired) electrons. The molecule has 1 heterocycles. The minimum Gasteiger partial charge on any atom is -0.303 e. The first kappa shape index (κ1) is 14.0. The standard InChI is InChI=1S/C16H29NO/c1-2-6-14-9-11-17(12-10-14)13-15-7-4-3-5-8-16(15)18/h14-15H,2-13H2,1H3. The summed E-state index contributed by atoms with van der Waals surface area (Å²) in [5, 5.41) is 0. The van der Waals surface area contributed by atoms with Crippen molar-refractivity contribution in [3.05, 3.63) is 0 Å². The number of rotatable bonds is 4. The maximum absolute atomic E-state index is 12.0. The van der Waals surface area contributed by atoms with Crippen molar-refractivity contribution in [2.24, 2.45) is 11.8 Å². The SMILES string of the molecule is CCCC1CCN(CC2CCCCCC2=O)CC1. The Morgan fingerprint density at radius 2 is 1.89 bits per heavy atom. The van der Waals surface area contributed by atoms with E-state index in [1.165, 1.54) is 51.6 Å². The van der Waals surface area contributed by atoms with E-state index in [1.807, 2.05) is 0 Å². The molecule has 1 unspecified atom stereocenters. The second-order valence-corrected chi connectivity index (χ2v) is 6.30. The molecule has 0 bridgehead atoms. The number of likely N-dealkylation sites (tertiary alicyclic amines) is 1. The Kier molecular flexibility index (Phi) is 5.68. The monoisotopic (exact) mass is 251 g/mol. The molecular formula is C16H29NO. The first-order valence-electron chi connectivity index (χ1n) is 8.04. The van der Waals surface area contributed by atoms with Gasteiger partial charge in [-0.05, 0) is 44.7 Å². The van der Waals surface area contributed by atoms with E-state index < -0.39 is 0 Å². The van der Waals surface area contributed by atoms with E-state index >= 15 is 0 Å². The summed E-state index contributed by atoms with van der Waals surface area (Å²) in [6.45, 7) is 5.80. The molecule has 0 N–H and O–H groups in total. The summed E-state index contributed by atoms with van der Waals surface area (Å²) in [6, 6.07) is 0. The van der Waals surface area contributed by atoms with Crippen LogP contribution in [0.4, 0.5) is 0 Å². The highest BCUT2D eigenvalue weighted by Crippen LogP contribution is 2.25. The molecule has 18 heavy (non-hydrogen) atoms. The van der Waals surface area contributed by atoms with Crippen LogP contribution in [0.1, 0.15) is 64.7 Å². The Labute approximate surface area is 112 Å². The van der Waals surface area contributed by atoms with Gasteiger partial charge in [-0.3, -0.25) is 4.79 Å². The maximum atomic E-state index is 12.0. The molecule has 1 aliphatic heterocycles. The molecule has 1 saturated carbocycles. The molecule has 1 aliphatic carbocycles. The van der Waals surface area contributed by atoms with Crippen molar-refractivity contribution in [1.82, 2.24) is 4.90 Å². The third kappa shape index (κ3) is 4.08. The number of ketones is 1. The lowest BCUT2D eigenvalue weighted by molar-refractivity contribution is -0.123. The molecule has 0 aromatic rings. The van der Waals surface area contributed by atoms with E-state index in [0.717, 1.165) is 31.7 Å². The minimum absolute atomic E-state index is 0.357. The lowest BCUT2D eigenvalue weighted by atomic mass is 9.91. The number of piperidine rings is 1. The summed E-state index contributed by atoms with van der Waals surface area (Å²) >= 11 is 0. The lowest BCUT2D eigenvalue weighted by Crippen LogP contribution is -2.38. The zero-order chi connectivity index (χ0) is 12.8. The fourth-order valence-electron chi connectivity index (χ4n) is 3.60. The Morgan fingerprint density at radius 1 is 1.11 bits per heavy atom. The molecule has 2 nitrogen and oxygen atoms in total. The van der Waals surface area contributed by atoms with Gasteiger partial charge in [-0.15, -0.1) is 0 Å². The van der Waals surface area contributed by atoms with Gasteiger partial charge in [0.2, 0.25) is 0 Å². The van der Waals surface area contributed by atoms with Crippen LogP contribution in [0.5, 0.6) is 0 Å². The number of Topliss-reactive ketones (excluding diaryl/α,β-unsaturated/α-hetero) is 1. The normalized spacial score (nSPS) is 28.3. The second kappa shape index (κ2) is 7.28. The number of carbonyl (C=O) groups is 1. The van der Waals surface area contributed by atoms with Crippen LogP contribution < -0.4 is 0 Å². The van der Waals surface area contributed by atoms with Crippen molar-refractivity contribution >= 4 is 5.78 Å². The molecule has 1 atom stereocenters. The van der Waals surface area contributed by atoms with Crippen LogP contribution in [0.2, 0.25) is 0 Å². The van der Waals surface area contributed by atoms with Crippen LogP contribution in [0.3, 0.4) is 0 Å². The molecule has 104 valence electrons. The van der Waals surface area contributed by atoms with Crippen molar-refractivity contribution in [3.8, 4) is 0 Å². The summed E-state index contributed by atoms with van der Waals surface area (Å²) in [6.07, 6.45) is 11.1. The van der Waals surface area contributed by atoms with E-state index in [9.17, 15) is 4.79 Å². The van der Waals surface area contributed by atoms with Crippen molar-refractivity contribution in [3.63, 3.8) is 0 Å². The molecule has 2 fully saturated rings. The first-order chi connectivity index (χ1) is 8.79. The predicted molar refractivity (Wildman–Crippen MR) is 75.7 cm³/mol. The zero-order valence-corrected chi connectivity index (χ0v) is 12.0. The van der Waals surface area contributed by atoms with Crippen LogP contribution in [0, 0.1) is 11.8 Å². The fraction of sp³-hybridized carbons (Fsp3) is 0.938. The molecule has 0 spiro atoms. The quantitative estimate of drug-likeness (QED) is 0.711. The Hall–Kier alpha value is -0.370. The number of carbonyl (C=O) groups excluding carboxylic acids is 1. The van der Waals surface area contributed by atoms with Gasteiger partial charge < -0.3 is 4.90 Å². The van der Waals surface area contributed by atoms with Gasteiger partial charge in [0.05, 0.1) is 0 Å². The van der Waals surface area contributed by atoms with Crippen molar-refractivity contribution in [2.45, 2.75) is 64.7 Å². The summed E-state index contributed by atoms with van der Waals surface area (Å²) in [5.74, 6) is 1.86. The van der Waals surface area contributed by atoms with E-state index in [1.54, 1.807) is 0 Å². The van der Waals surface area contributed by atoms with Gasteiger partial charge in [0.25, 0.3) is 0 Å². The lowest BCUT2D eigenvalue weighted by Gasteiger charge is -2.33. The Bertz CT molecular complexity index is 256. The molecular weight excluding hydrogens is 222 g/mol. The van der Waals surface area contributed by atoms with E-state index in [-0.39, 0.29) is 0 Å². The largest absolute Gasteiger partial charge is 0.303 e. The van der Waals surface area contributed by atoms with Crippen LogP contribution in [-0.4, -0.2) is 30.3 Å². The third-order valence-electron chi connectivity index (χ3n) is 4.81. The van der Waals surface area contributed by atoms with E-state index in [0.29, 0.717) is 11.7 Å². The Morgan fingerprint density at radius 3 is 2.61 bits per heavy atom. The summed E-state index contributed by atoms with van der Waals surface area (Å²) in [5.41, 5.74) is 0. The highest BCUT2D eigenvalue weighted by Gasteiger charge is 2.25. The number of hydrogen-bond acceptors (Lipinski definition) is 2. The fourth-order valence-corrected chi connectivity index (χ4v) is 3.60. The number of nitrogens with zero attached hydrogens (tertiary/aromatic N) is 1. The van der Waals surface area contributed by atoms with Gasteiger partial charge in [-0.25, -0.2) is 0 Å². The van der Waals surface area contributed by atoms with Crippen LogP contribution in [-0.2, 0) is 4.79 Å². The van der Waals surface area contributed by atoms with Crippen molar-refractivity contribution < 1.29 is 4.79 Å². The molecule has 0 aromatic heterocycles. The Balaban J connectivity index is 1.74. The number of hydrogen-bond donors (Lipinski definition) is 0. The third-order valence-corrected chi connectivity index (χ3v) is 4.81. The van der Waals surface area contributed by atoms with Crippen molar-refractivity contribution in [2.75, 3.05) is 19.6 Å². The van der Waals surface area contributed by atoms with Gasteiger partial charge in [0.1, 0.15) is 5.78 Å². The second-order valence-electron chi connectivity index (χ2n) is 6.30. The van der Waals surface area contributed by atoms with Gasteiger partial charge in [0.15, 0.2) is 0 Å². The molecule has 0 amide bonds. The average molecular weight is 251 g/mol. The zero-order valence-electron chi connectivity index (χ0n) is 12.0. The predicted octanol–water partition coefficient (Wildman–Crippen LogP) is 3.65. The van der Waals surface area contributed by atoms with E-state index in [2.05, 4.69) is 11.8 Å². The summed E-state index contributed by atoms with van der Waals surface area (Å²) in [4.78, 5) is 14.6. The summed E-state index contributed by atoms with van der Waals surface area (Å²) < 4.78 is 0. The highest BCUT2D eigenvalue weighted by molar-refractivity contribution is 5.81. The first-order valence-corrected chi connectivity index (χ1v) is 8.04. The van der Waals surface area contributed by atoms with Crippen LogP contribution in [0.25, 0.3) is 0 Å². The molecule has 2 heteroatoms. The molecule has 0 aromatic carbocycles.